The Kier molecular flexibility index (Phi) is 7.20. The maximum Gasteiger partial charge on any atom is 0.123 e. The number of imidazole rings is 2. The van der Waals surface area contributed by atoms with Crippen LogP contribution < -0.4 is 10.6 Å². The van der Waals surface area contributed by atoms with Crippen LogP contribution in [0.15, 0.2) is 73.1 Å². The van der Waals surface area contributed by atoms with Crippen LogP contribution in [0.1, 0.15) is 87.2 Å². The van der Waals surface area contributed by atoms with Crippen molar-refractivity contribution < 1.29 is 0 Å². The zero-order valence-corrected chi connectivity index (χ0v) is 27.7. The molecule has 0 amide bonds. The van der Waals surface area contributed by atoms with Gasteiger partial charge in [0.2, 0.25) is 0 Å². The summed E-state index contributed by atoms with van der Waals surface area (Å²) < 4.78 is 0. The molecule has 6 heteroatoms. The standard InChI is InChI=1S/C41H46N6/c1-25-17-35(42-21-25)39-44-23-37(46-39)29-9-5-27(6-10-29)31-13-14-32(34-20-41(19-33(31)34)15-3-4-16-41)28-7-11-30(12-8-28)38-24-45-40(47-38)36-18-26(2)22-43-36/h5-14,23-26,35-36,42-43H,3-4,15-22H2,1-2H3,(H,44,46)(H,45,47)/t25-,26-,35-,36-/m0/s1. The first-order valence-corrected chi connectivity index (χ1v) is 17.9. The molecule has 0 bridgehead atoms. The molecule has 2 saturated heterocycles. The highest BCUT2D eigenvalue weighted by molar-refractivity contribution is 5.80. The minimum atomic E-state index is 0.333. The summed E-state index contributed by atoms with van der Waals surface area (Å²) in [6, 6.07) is 23.8. The van der Waals surface area contributed by atoms with Crippen molar-refractivity contribution in [2.24, 2.45) is 17.3 Å². The van der Waals surface area contributed by atoms with Gasteiger partial charge in [0.1, 0.15) is 11.6 Å². The zero-order chi connectivity index (χ0) is 31.5. The molecule has 0 unspecified atom stereocenters. The molecule has 3 aromatic carbocycles. The van der Waals surface area contributed by atoms with Crippen molar-refractivity contribution >= 4 is 0 Å². The summed E-state index contributed by atoms with van der Waals surface area (Å²) in [5, 5.41) is 7.20. The molecule has 0 radical (unpaired) electrons. The summed E-state index contributed by atoms with van der Waals surface area (Å²) in [5.74, 6) is 3.51. The normalized spacial score (nSPS) is 24.8. The highest BCUT2D eigenvalue weighted by Crippen LogP contribution is 2.53. The fourth-order valence-corrected chi connectivity index (χ4v) is 9.15. The van der Waals surface area contributed by atoms with E-state index in [1.54, 1.807) is 11.1 Å². The van der Waals surface area contributed by atoms with E-state index in [1.807, 2.05) is 12.4 Å². The summed E-state index contributed by atoms with van der Waals surface area (Å²) >= 11 is 0. The molecule has 1 saturated carbocycles. The third-order valence-corrected chi connectivity index (χ3v) is 11.8. The highest BCUT2D eigenvalue weighted by Gasteiger charge is 2.41. The Labute approximate surface area is 278 Å². The van der Waals surface area contributed by atoms with Crippen LogP contribution in [0.4, 0.5) is 0 Å². The van der Waals surface area contributed by atoms with E-state index >= 15 is 0 Å². The van der Waals surface area contributed by atoms with E-state index in [1.165, 1.54) is 71.9 Å². The van der Waals surface area contributed by atoms with Crippen LogP contribution in [0, 0.1) is 17.3 Å². The maximum absolute atomic E-state index is 4.73. The lowest BCUT2D eigenvalue weighted by Crippen LogP contribution is -2.15. The van der Waals surface area contributed by atoms with Crippen LogP contribution in [0.25, 0.3) is 44.8 Å². The molecule has 9 rings (SSSR count). The Morgan fingerprint density at radius 1 is 0.574 bits per heavy atom. The quantitative estimate of drug-likeness (QED) is 0.153. The van der Waals surface area contributed by atoms with Gasteiger partial charge in [-0.1, -0.05) is 87.4 Å². The first-order valence-electron chi connectivity index (χ1n) is 17.9. The van der Waals surface area contributed by atoms with Gasteiger partial charge in [-0.15, -0.1) is 0 Å². The largest absolute Gasteiger partial charge is 0.341 e. The summed E-state index contributed by atoms with van der Waals surface area (Å²) in [5.41, 5.74) is 13.6. The van der Waals surface area contributed by atoms with E-state index in [4.69, 9.17) is 9.97 Å². The van der Waals surface area contributed by atoms with Gasteiger partial charge in [-0.25, -0.2) is 9.97 Å². The molecule has 4 atom stereocenters. The zero-order valence-electron chi connectivity index (χ0n) is 27.7. The number of H-pyrrole nitrogens is 2. The Balaban J connectivity index is 1.000. The topological polar surface area (TPSA) is 81.4 Å². The number of aromatic amines is 2. The predicted octanol–water partition coefficient (Wildman–Crippen LogP) is 8.80. The van der Waals surface area contributed by atoms with Gasteiger partial charge in [-0.3, -0.25) is 0 Å². The molecule has 4 N–H and O–H groups in total. The fraction of sp³-hybridized carbons (Fsp3) is 0.415. The molecule has 4 heterocycles. The van der Waals surface area contributed by atoms with E-state index in [0.717, 1.165) is 49.0 Å². The minimum Gasteiger partial charge on any atom is -0.341 e. The van der Waals surface area contributed by atoms with Gasteiger partial charge >= 0.3 is 0 Å². The van der Waals surface area contributed by atoms with Crippen LogP contribution in [0.3, 0.4) is 0 Å². The Bertz CT molecular complexity index is 1760. The highest BCUT2D eigenvalue weighted by atomic mass is 15.1. The lowest BCUT2D eigenvalue weighted by molar-refractivity contribution is 0.318. The van der Waals surface area contributed by atoms with Gasteiger partial charge in [-0.05, 0) is 113 Å². The molecule has 2 aromatic heterocycles. The SMILES string of the molecule is C[C@@H]1CN[C@H](c2ncc(-c3ccc(-c4ccc(-c5ccc(-c6cnc([C@@H]7C[C@H](C)CN7)[nH]6)cc5)c5c4CC4(CCCC4)C5)cc3)[nH]2)C1. The number of hydrogen-bond donors (Lipinski definition) is 4. The Hall–Kier alpha value is -4.00. The van der Waals surface area contributed by atoms with Crippen molar-refractivity contribution in [1.29, 1.82) is 0 Å². The molecule has 3 fully saturated rings. The molecule has 47 heavy (non-hydrogen) atoms. The minimum absolute atomic E-state index is 0.333. The summed E-state index contributed by atoms with van der Waals surface area (Å²) in [6.07, 6.45) is 14.1. The van der Waals surface area contributed by atoms with Gasteiger partial charge in [-0.2, -0.15) is 0 Å². The third-order valence-electron chi connectivity index (χ3n) is 11.8. The molecular formula is C41H46N6. The molecule has 1 spiro atoms. The Morgan fingerprint density at radius 3 is 1.40 bits per heavy atom. The van der Waals surface area contributed by atoms with Gasteiger partial charge in [0.05, 0.1) is 35.9 Å². The van der Waals surface area contributed by atoms with Crippen LogP contribution in [-0.2, 0) is 12.8 Å². The second kappa shape index (κ2) is 11.6. The first kappa shape index (κ1) is 29.2. The van der Waals surface area contributed by atoms with Crippen molar-refractivity contribution in [2.75, 3.05) is 13.1 Å². The predicted molar refractivity (Wildman–Crippen MR) is 190 cm³/mol. The monoisotopic (exact) mass is 622 g/mol. The van der Waals surface area contributed by atoms with Crippen molar-refractivity contribution in [3.05, 3.63) is 95.8 Å². The second-order valence-corrected chi connectivity index (χ2v) is 15.3. The Morgan fingerprint density at radius 2 is 1.00 bits per heavy atom. The average Bonchev–Trinajstić information content (AvgIpc) is 3.94. The number of hydrogen-bond acceptors (Lipinski definition) is 4. The summed E-state index contributed by atoms with van der Waals surface area (Å²) in [4.78, 5) is 16.7. The fourth-order valence-electron chi connectivity index (χ4n) is 9.15. The smallest absolute Gasteiger partial charge is 0.123 e. The van der Waals surface area contributed by atoms with Crippen molar-refractivity contribution in [1.82, 2.24) is 30.6 Å². The van der Waals surface area contributed by atoms with E-state index in [9.17, 15) is 0 Å². The number of rotatable bonds is 6. The number of fused-ring (bicyclic) bond motifs is 1. The van der Waals surface area contributed by atoms with Crippen LogP contribution in [0.2, 0.25) is 0 Å². The summed E-state index contributed by atoms with van der Waals surface area (Å²) in [6.45, 7) is 6.73. The number of aromatic nitrogens is 4. The van der Waals surface area contributed by atoms with Gasteiger partial charge in [0.15, 0.2) is 0 Å². The molecule has 240 valence electrons. The maximum atomic E-state index is 4.73. The van der Waals surface area contributed by atoms with Crippen molar-refractivity contribution in [3.63, 3.8) is 0 Å². The van der Waals surface area contributed by atoms with Crippen molar-refractivity contribution in [3.8, 4) is 44.8 Å². The van der Waals surface area contributed by atoms with Gasteiger partial charge < -0.3 is 20.6 Å². The molecule has 6 nitrogen and oxygen atoms in total. The average molecular weight is 623 g/mol. The first-order chi connectivity index (χ1) is 23.0. The molecule has 5 aromatic rings. The number of nitrogens with one attached hydrogen (secondary N) is 4. The lowest BCUT2D eigenvalue weighted by atomic mass is 9.82. The van der Waals surface area contributed by atoms with Crippen LogP contribution >= 0.6 is 0 Å². The van der Waals surface area contributed by atoms with E-state index < -0.39 is 0 Å². The number of nitrogens with zero attached hydrogens (tertiary/aromatic N) is 2. The third kappa shape index (κ3) is 5.36. The molecule has 4 aliphatic rings. The molecule has 2 aliphatic heterocycles. The van der Waals surface area contributed by atoms with Crippen molar-refractivity contribution in [2.45, 2.75) is 77.3 Å². The second-order valence-electron chi connectivity index (χ2n) is 15.3. The van der Waals surface area contributed by atoms with Crippen LogP contribution in [0.5, 0.6) is 0 Å². The molecule has 2 aliphatic carbocycles. The lowest BCUT2D eigenvalue weighted by Gasteiger charge is -2.22. The van der Waals surface area contributed by atoms with E-state index in [-0.39, 0.29) is 0 Å². The van der Waals surface area contributed by atoms with E-state index in [0.29, 0.717) is 29.3 Å². The number of benzene rings is 3. The van der Waals surface area contributed by atoms with E-state index in [2.05, 4.69) is 95.1 Å². The summed E-state index contributed by atoms with van der Waals surface area (Å²) in [7, 11) is 0. The van der Waals surface area contributed by atoms with Gasteiger partial charge in [0, 0.05) is 0 Å². The van der Waals surface area contributed by atoms with Crippen LogP contribution in [-0.4, -0.2) is 33.0 Å². The molecular weight excluding hydrogens is 576 g/mol. The van der Waals surface area contributed by atoms with Gasteiger partial charge in [0.25, 0.3) is 0 Å².